The number of rotatable bonds is 5. The standard InChI is InChI=1S/C102H57N5O3S/c1-102(2)84-27-10-5-18-65(84)70-40-41-74-93-61(57-34-39-63-78-49-58(56-36-44-92-77(46-56)69-22-9-14-32-91(69)111-92)50-79-67-20-7-12-29-86(67)105(96(78)79)101(110)83(63)48-57)24-16-31-90(93)104(98(74)94(70)102)60-52-80-64-38-33-54(47-82(64)100(109)106-87-30-13-8-21-68(87)81(53-60)97(80)106)55-35-42-88-75(45-55)66-19-6-11-28-85(66)103(88)59-37-43-89-76(51-59)72-26-15-25-71-62-17-3-4-23-73(62)99(108)107(89)95(71)72/h3-53H,1-2H3. The van der Waals surface area contributed by atoms with Crippen LogP contribution in [0.3, 0.4) is 0 Å². The minimum atomic E-state index is -0.401. The van der Waals surface area contributed by atoms with Crippen LogP contribution in [0.15, 0.2) is 324 Å². The van der Waals surface area contributed by atoms with Crippen molar-refractivity contribution in [1.29, 1.82) is 0 Å². The van der Waals surface area contributed by atoms with Crippen molar-refractivity contribution < 1.29 is 0 Å². The number of hydrogen-bond donors (Lipinski definition) is 0. The van der Waals surface area contributed by atoms with Gasteiger partial charge in [-0.1, -0.05) is 208 Å². The molecule has 0 spiro atoms. The zero-order valence-corrected chi connectivity index (χ0v) is 60.6. The Bertz CT molecular complexity index is 8840. The van der Waals surface area contributed by atoms with E-state index < -0.39 is 5.41 Å². The van der Waals surface area contributed by atoms with Gasteiger partial charge in [-0.25, -0.2) is 0 Å². The molecule has 9 heterocycles. The zero-order chi connectivity index (χ0) is 72.9. The van der Waals surface area contributed by atoms with Crippen LogP contribution in [-0.4, -0.2) is 22.3 Å². The molecule has 0 bridgehead atoms. The largest absolute Gasteiger partial charge is 0.309 e. The maximum absolute atomic E-state index is 15.9. The van der Waals surface area contributed by atoms with Crippen molar-refractivity contribution in [3.63, 3.8) is 0 Å². The summed E-state index contributed by atoms with van der Waals surface area (Å²) in [7, 11) is 0. The Hall–Kier alpha value is -14.3. The predicted molar refractivity (Wildman–Crippen MR) is 465 cm³/mol. The number of benzene rings is 16. The topological polar surface area (TPSA) is 74.3 Å². The van der Waals surface area contributed by atoms with Gasteiger partial charge in [0.15, 0.2) is 0 Å². The number of aromatic nitrogens is 5. The molecule has 0 N–H and O–H groups in total. The van der Waals surface area contributed by atoms with E-state index in [1.54, 1.807) is 0 Å². The molecule has 0 radical (unpaired) electrons. The molecule has 1 aliphatic carbocycles. The average molecular weight is 1430 g/mol. The van der Waals surface area contributed by atoms with E-state index >= 15 is 9.59 Å². The lowest BCUT2D eigenvalue weighted by atomic mass is 9.81. The average Bonchev–Trinajstić information content (AvgIpc) is 1.54. The Morgan fingerprint density at radius 3 is 1.42 bits per heavy atom. The Labute approximate surface area is 633 Å². The summed E-state index contributed by atoms with van der Waals surface area (Å²) < 4.78 is 13.2. The van der Waals surface area contributed by atoms with Crippen molar-refractivity contribution in [3.8, 4) is 55.9 Å². The van der Waals surface area contributed by atoms with Gasteiger partial charge >= 0.3 is 0 Å². The highest BCUT2D eigenvalue weighted by atomic mass is 32.1. The SMILES string of the molecule is CC1(C)c2ccccc2-c2ccc3c4c(-c5ccc6c(c5)c(=O)n5c7ccccc7c7cc(-c8ccc9sc%10ccccc%10c9c8)cc6c75)cccc4n(-c4cc5c6ccc(-c7ccc8c(c7)c7ccccc7n8-c7ccc8c(c7)c7cccc9c%10ccccc%10c(=O)n8c97)cc6c(=O)n6c7ccccc7c(c4)c56)c3c21. The van der Waals surface area contributed by atoms with Crippen molar-refractivity contribution in [3.05, 3.63) is 352 Å². The third kappa shape index (κ3) is 7.56. The molecule has 0 fully saturated rings. The molecule has 1 aliphatic rings. The molecule has 8 nitrogen and oxygen atoms in total. The summed E-state index contributed by atoms with van der Waals surface area (Å²) in [5.41, 5.74) is 22.3. The maximum Gasteiger partial charge on any atom is 0.263 e. The van der Waals surface area contributed by atoms with Crippen LogP contribution < -0.4 is 16.7 Å². The number of thiophene rings is 1. The van der Waals surface area contributed by atoms with Crippen molar-refractivity contribution in [2.75, 3.05) is 0 Å². The molecule has 514 valence electrons. The minimum absolute atomic E-state index is 0.0111. The fourth-order valence-corrected chi connectivity index (χ4v) is 21.8. The lowest BCUT2D eigenvalue weighted by Gasteiger charge is -2.24. The van der Waals surface area contributed by atoms with E-state index in [4.69, 9.17) is 0 Å². The molecule has 0 amide bonds. The summed E-state index contributed by atoms with van der Waals surface area (Å²) in [6.45, 7) is 4.75. The number of hydrogen-bond acceptors (Lipinski definition) is 4. The van der Waals surface area contributed by atoms with Crippen LogP contribution in [0, 0.1) is 0 Å². The number of fused-ring (bicyclic) bond motifs is 28. The van der Waals surface area contributed by atoms with E-state index in [9.17, 15) is 4.79 Å². The molecular formula is C102H57N5O3S. The fourth-order valence-electron chi connectivity index (χ4n) is 20.7. The molecule has 9 heteroatoms. The zero-order valence-electron chi connectivity index (χ0n) is 59.8. The molecule has 111 heavy (non-hydrogen) atoms. The Morgan fingerprint density at radius 2 is 0.676 bits per heavy atom. The first-order valence-corrected chi connectivity index (χ1v) is 38.8. The molecule has 0 saturated carbocycles. The summed E-state index contributed by atoms with van der Waals surface area (Å²) in [5, 5.41) is 21.0. The monoisotopic (exact) mass is 1430 g/mol. The van der Waals surface area contributed by atoms with Gasteiger partial charge in [-0.2, -0.15) is 0 Å². The lowest BCUT2D eigenvalue weighted by molar-refractivity contribution is 0.664. The van der Waals surface area contributed by atoms with Gasteiger partial charge in [-0.3, -0.25) is 27.6 Å². The maximum atomic E-state index is 15.9. The highest BCUT2D eigenvalue weighted by Crippen LogP contribution is 2.55. The second-order valence-electron chi connectivity index (χ2n) is 31.2. The second kappa shape index (κ2) is 20.9. The van der Waals surface area contributed by atoms with Gasteiger partial charge < -0.3 is 9.13 Å². The quantitative estimate of drug-likeness (QED) is 0.161. The number of para-hydroxylation sites is 4. The van der Waals surface area contributed by atoms with Crippen molar-refractivity contribution in [2.24, 2.45) is 0 Å². The number of pyridine rings is 3. The first-order valence-electron chi connectivity index (χ1n) is 38.0. The van der Waals surface area contributed by atoms with Gasteiger partial charge in [0.2, 0.25) is 0 Å². The highest BCUT2D eigenvalue weighted by molar-refractivity contribution is 7.25. The van der Waals surface area contributed by atoms with Crippen LogP contribution >= 0.6 is 11.3 Å². The summed E-state index contributed by atoms with van der Waals surface area (Å²) in [6, 6.07) is 111. The Morgan fingerprint density at radius 1 is 0.243 bits per heavy atom. The highest BCUT2D eigenvalue weighted by Gasteiger charge is 2.39. The van der Waals surface area contributed by atoms with Crippen molar-refractivity contribution in [1.82, 2.24) is 22.3 Å². The van der Waals surface area contributed by atoms with Crippen LogP contribution in [0.5, 0.6) is 0 Å². The minimum Gasteiger partial charge on any atom is -0.309 e. The molecule has 9 aromatic heterocycles. The summed E-state index contributed by atoms with van der Waals surface area (Å²) >= 11 is 1.83. The van der Waals surface area contributed by atoms with E-state index in [1.165, 1.54) is 42.4 Å². The smallest absolute Gasteiger partial charge is 0.263 e. The van der Waals surface area contributed by atoms with Crippen molar-refractivity contribution >= 4 is 189 Å². The summed E-state index contributed by atoms with van der Waals surface area (Å²) in [6.07, 6.45) is 0. The van der Waals surface area contributed by atoms with Gasteiger partial charge in [0.1, 0.15) is 0 Å². The third-order valence-corrected chi connectivity index (χ3v) is 26.6. The van der Waals surface area contributed by atoms with Crippen LogP contribution in [0.2, 0.25) is 0 Å². The van der Waals surface area contributed by atoms with Gasteiger partial charge in [-0.05, 0) is 187 Å². The molecule has 0 saturated heterocycles. The predicted octanol–water partition coefficient (Wildman–Crippen LogP) is 25.1. The van der Waals surface area contributed by atoms with Crippen molar-refractivity contribution in [2.45, 2.75) is 19.3 Å². The summed E-state index contributed by atoms with van der Waals surface area (Å²) in [4.78, 5) is 46.0. The van der Waals surface area contributed by atoms with E-state index in [1.807, 2.05) is 54.9 Å². The van der Waals surface area contributed by atoms with Gasteiger partial charge in [0.25, 0.3) is 16.7 Å². The molecule has 0 atom stereocenters. The van der Waals surface area contributed by atoms with Crippen LogP contribution in [0.4, 0.5) is 0 Å². The molecular weight excluding hydrogens is 1380 g/mol. The van der Waals surface area contributed by atoms with Crippen LogP contribution in [0.1, 0.15) is 25.0 Å². The molecule has 16 aromatic carbocycles. The third-order valence-electron chi connectivity index (χ3n) is 25.4. The Kier molecular flexibility index (Phi) is 11.3. The number of nitrogens with zero attached hydrogens (tertiary/aromatic N) is 5. The first kappa shape index (κ1) is 59.8. The normalized spacial score (nSPS) is 13.3. The van der Waals surface area contributed by atoms with Crippen LogP contribution in [-0.2, 0) is 5.41 Å². The van der Waals surface area contributed by atoms with E-state index in [-0.39, 0.29) is 16.7 Å². The van der Waals surface area contributed by atoms with E-state index in [0.717, 1.165) is 186 Å². The fraction of sp³-hybridized carbons (Fsp3) is 0.0294. The van der Waals surface area contributed by atoms with E-state index in [0.29, 0.717) is 16.2 Å². The Balaban J connectivity index is 0.672. The van der Waals surface area contributed by atoms with Gasteiger partial charge in [0, 0.05) is 123 Å². The second-order valence-corrected chi connectivity index (χ2v) is 32.3. The molecule has 25 aromatic rings. The van der Waals surface area contributed by atoms with Gasteiger partial charge in [-0.15, -0.1) is 11.3 Å². The molecule has 0 aliphatic heterocycles. The van der Waals surface area contributed by atoms with Crippen LogP contribution in [0.25, 0.3) is 234 Å². The first-order chi connectivity index (χ1) is 54.6. The molecule has 26 rings (SSSR count). The lowest BCUT2D eigenvalue weighted by Crippen LogP contribution is -2.16. The van der Waals surface area contributed by atoms with Gasteiger partial charge in [0.05, 0.1) is 55.2 Å². The van der Waals surface area contributed by atoms with E-state index in [2.05, 4.69) is 302 Å². The summed E-state index contributed by atoms with van der Waals surface area (Å²) in [5.74, 6) is 0. The molecule has 0 unspecified atom stereocenters.